The zero-order valence-corrected chi connectivity index (χ0v) is 11.2. The number of ether oxygens (including phenoxy) is 1. The summed E-state index contributed by atoms with van der Waals surface area (Å²) in [6.45, 7) is 3.92. The smallest absolute Gasteiger partial charge is 0.360 e. The van der Waals surface area contributed by atoms with Gasteiger partial charge >= 0.3 is 5.97 Å². The number of anilines is 1. The van der Waals surface area contributed by atoms with E-state index in [1.54, 1.807) is 6.92 Å². The number of hydrogen-bond acceptors (Lipinski definition) is 6. The van der Waals surface area contributed by atoms with Crippen LogP contribution in [0.5, 0.6) is 0 Å². The van der Waals surface area contributed by atoms with E-state index in [0.29, 0.717) is 12.6 Å². The fraction of sp³-hybridized carbons (Fsp3) is 0.667. The van der Waals surface area contributed by atoms with Crippen molar-refractivity contribution in [1.29, 1.82) is 0 Å². The minimum absolute atomic E-state index is 0.202. The average molecular weight is 255 g/mol. The van der Waals surface area contributed by atoms with Crippen LogP contribution in [0.15, 0.2) is 10.7 Å². The third-order valence-corrected chi connectivity index (χ3v) is 2.30. The quantitative estimate of drug-likeness (QED) is 0.562. The molecule has 6 nitrogen and oxygen atoms in total. The molecule has 102 valence electrons. The van der Waals surface area contributed by atoms with Crippen molar-refractivity contribution in [3.63, 3.8) is 0 Å². The van der Waals surface area contributed by atoms with Crippen LogP contribution in [-0.2, 0) is 4.74 Å². The van der Waals surface area contributed by atoms with Gasteiger partial charge in [0.2, 0.25) is 0 Å². The Labute approximate surface area is 107 Å². The molecule has 6 heteroatoms. The van der Waals surface area contributed by atoms with Gasteiger partial charge in [-0.2, -0.15) is 4.98 Å². The molecule has 18 heavy (non-hydrogen) atoms. The zero-order valence-electron chi connectivity index (χ0n) is 11.2. The van der Waals surface area contributed by atoms with Crippen molar-refractivity contribution >= 4 is 12.0 Å². The second-order valence-corrected chi connectivity index (χ2v) is 4.20. The van der Waals surface area contributed by atoms with Gasteiger partial charge in [-0.05, 0) is 40.4 Å². The van der Waals surface area contributed by atoms with Crippen LogP contribution in [0, 0.1) is 0 Å². The number of oxazole rings is 1. The molecule has 0 saturated carbocycles. The van der Waals surface area contributed by atoms with Crippen LogP contribution in [-0.4, -0.2) is 49.6 Å². The first-order valence-corrected chi connectivity index (χ1v) is 6.14. The van der Waals surface area contributed by atoms with Gasteiger partial charge in [0.15, 0.2) is 5.69 Å². The molecule has 0 unspecified atom stereocenters. The van der Waals surface area contributed by atoms with Crippen LogP contribution < -0.4 is 5.32 Å². The largest absolute Gasteiger partial charge is 0.461 e. The number of esters is 1. The van der Waals surface area contributed by atoms with E-state index >= 15 is 0 Å². The standard InChI is InChI=1S/C12H21N3O3/c1-4-17-11(16)10-9-18-12(14-10)13-7-5-6-8-15(2)3/h9H,4-8H2,1-3H3,(H,13,14). The summed E-state index contributed by atoms with van der Waals surface area (Å²) in [7, 11) is 4.10. The molecule has 0 radical (unpaired) electrons. The summed E-state index contributed by atoms with van der Waals surface area (Å²) in [6.07, 6.45) is 3.43. The second kappa shape index (κ2) is 7.71. The maximum atomic E-state index is 11.3. The molecule has 0 spiro atoms. The van der Waals surface area contributed by atoms with Crippen LogP contribution in [0.3, 0.4) is 0 Å². The lowest BCUT2D eigenvalue weighted by Crippen LogP contribution is -2.14. The maximum Gasteiger partial charge on any atom is 0.360 e. The Morgan fingerprint density at radius 2 is 2.28 bits per heavy atom. The summed E-state index contributed by atoms with van der Waals surface area (Å²) in [5, 5.41) is 3.03. The van der Waals surface area contributed by atoms with Crippen LogP contribution in [0.1, 0.15) is 30.3 Å². The lowest BCUT2D eigenvalue weighted by Gasteiger charge is -2.08. The minimum Gasteiger partial charge on any atom is -0.461 e. The van der Waals surface area contributed by atoms with E-state index in [9.17, 15) is 4.79 Å². The molecular formula is C12H21N3O3. The number of rotatable bonds is 8. The Morgan fingerprint density at radius 1 is 1.50 bits per heavy atom. The Kier molecular flexibility index (Phi) is 6.21. The van der Waals surface area contributed by atoms with Crippen molar-refractivity contribution in [3.05, 3.63) is 12.0 Å². The molecule has 1 heterocycles. The first-order chi connectivity index (χ1) is 8.63. The zero-order chi connectivity index (χ0) is 13.4. The molecule has 0 atom stereocenters. The van der Waals surface area contributed by atoms with Crippen molar-refractivity contribution in [1.82, 2.24) is 9.88 Å². The third-order valence-electron chi connectivity index (χ3n) is 2.30. The van der Waals surface area contributed by atoms with Crippen molar-refractivity contribution in [3.8, 4) is 0 Å². The van der Waals surface area contributed by atoms with E-state index in [-0.39, 0.29) is 5.69 Å². The van der Waals surface area contributed by atoms with E-state index < -0.39 is 5.97 Å². The van der Waals surface area contributed by atoms with E-state index in [4.69, 9.17) is 9.15 Å². The number of carbonyl (C=O) groups excluding carboxylic acids is 1. The summed E-state index contributed by atoms with van der Waals surface area (Å²) in [4.78, 5) is 17.5. The molecule has 0 aliphatic heterocycles. The monoisotopic (exact) mass is 255 g/mol. The molecule has 1 N–H and O–H groups in total. The summed E-state index contributed by atoms with van der Waals surface area (Å²) in [5.74, 6) is -0.457. The van der Waals surface area contributed by atoms with Gasteiger partial charge in [-0.15, -0.1) is 0 Å². The first kappa shape index (κ1) is 14.5. The maximum absolute atomic E-state index is 11.3. The van der Waals surface area contributed by atoms with Crippen LogP contribution in [0.4, 0.5) is 6.01 Å². The van der Waals surface area contributed by atoms with Crippen molar-refractivity contribution < 1.29 is 13.9 Å². The van der Waals surface area contributed by atoms with Gasteiger partial charge in [0.25, 0.3) is 6.01 Å². The number of aromatic nitrogens is 1. The summed E-state index contributed by atoms with van der Waals surface area (Å²) < 4.78 is 9.94. The highest BCUT2D eigenvalue weighted by Crippen LogP contribution is 2.08. The van der Waals surface area contributed by atoms with Crippen molar-refractivity contribution in [2.75, 3.05) is 39.1 Å². The average Bonchev–Trinajstić information content (AvgIpc) is 2.77. The summed E-state index contributed by atoms with van der Waals surface area (Å²) >= 11 is 0. The number of nitrogens with one attached hydrogen (secondary N) is 1. The lowest BCUT2D eigenvalue weighted by molar-refractivity contribution is 0.0519. The molecule has 0 saturated heterocycles. The first-order valence-electron chi connectivity index (χ1n) is 6.14. The fourth-order valence-electron chi connectivity index (χ4n) is 1.40. The Bertz CT molecular complexity index is 363. The summed E-state index contributed by atoms with van der Waals surface area (Å²) in [5.41, 5.74) is 0.202. The van der Waals surface area contributed by atoms with Gasteiger partial charge in [0.1, 0.15) is 6.26 Å². The SMILES string of the molecule is CCOC(=O)c1coc(NCCCCN(C)C)n1. The molecule has 1 aromatic rings. The molecule has 0 amide bonds. The van der Waals surface area contributed by atoms with Gasteiger partial charge in [0.05, 0.1) is 6.61 Å². The van der Waals surface area contributed by atoms with Gasteiger partial charge in [0, 0.05) is 6.54 Å². The topological polar surface area (TPSA) is 67.6 Å². The van der Waals surface area contributed by atoms with E-state index in [0.717, 1.165) is 25.9 Å². The molecule has 0 bridgehead atoms. The van der Waals surface area contributed by atoms with E-state index in [2.05, 4.69) is 15.2 Å². The predicted octanol–water partition coefficient (Wildman–Crippen LogP) is 1.60. The lowest BCUT2D eigenvalue weighted by atomic mass is 10.3. The molecule has 1 rings (SSSR count). The highest BCUT2D eigenvalue weighted by molar-refractivity contribution is 5.87. The van der Waals surface area contributed by atoms with Crippen molar-refractivity contribution in [2.45, 2.75) is 19.8 Å². The predicted molar refractivity (Wildman–Crippen MR) is 68.7 cm³/mol. The van der Waals surface area contributed by atoms with Crippen LogP contribution in [0.2, 0.25) is 0 Å². The molecule has 0 aliphatic rings. The highest BCUT2D eigenvalue weighted by Gasteiger charge is 2.12. The van der Waals surface area contributed by atoms with Gasteiger partial charge in [-0.25, -0.2) is 4.79 Å². The Balaban J connectivity index is 2.25. The number of unbranched alkanes of at least 4 members (excludes halogenated alkanes) is 1. The molecule has 0 fully saturated rings. The molecular weight excluding hydrogens is 234 g/mol. The normalized spacial score (nSPS) is 10.7. The summed E-state index contributed by atoms with van der Waals surface area (Å²) in [6, 6.07) is 0.364. The molecule has 0 aromatic carbocycles. The van der Waals surface area contributed by atoms with Crippen LogP contribution >= 0.6 is 0 Å². The Hall–Kier alpha value is -1.56. The van der Waals surface area contributed by atoms with Gasteiger partial charge < -0.3 is 19.4 Å². The third kappa shape index (κ3) is 5.18. The second-order valence-electron chi connectivity index (χ2n) is 4.20. The number of hydrogen-bond donors (Lipinski definition) is 1. The number of nitrogens with zero attached hydrogens (tertiary/aromatic N) is 2. The highest BCUT2D eigenvalue weighted by atomic mass is 16.5. The van der Waals surface area contributed by atoms with Crippen LogP contribution in [0.25, 0.3) is 0 Å². The van der Waals surface area contributed by atoms with E-state index in [1.807, 2.05) is 14.1 Å². The Morgan fingerprint density at radius 3 is 2.94 bits per heavy atom. The molecule has 1 aromatic heterocycles. The molecule has 0 aliphatic carbocycles. The van der Waals surface area contributed by atoms with E-state index in [1.165, 1.54) is 6.26 Å². The number of carbonyl (C=O) groups is 1. The van der Waals surface area contributed by atoms with Gasteiger partial charge in [-0.1, -0.05) is 0 Å². The fourth-order valence-corrected chi connectivity index (χ4v) is 1.40. The van der Waals surface area contributed by atoms with Crippen molar-refractivity contribution in [2.24, 2.45) is 0 Å². The minimum atomic E-state index is -0.457. The van der Waals surface area contributed by atoms with Gasteiger partial charge in [-0.3, -0.25) is 0 Å².